The Morgan fingerprint density at radius 3 is 2.76 bits per heavy atom. The van der Waals surface area contributed by atoms with E-state index in [1.165, 1.54) is 30.8 Å². The number of amides is 1. The number of likely N-dealkylation sites (N-methyl/N-ethyl adjacent to an activating group) is 1. The fraction of sp³-hybridized carbons (Fsp3) is 0.471. The molecule has 1 amide bonds. The molecule has 8 heteroatoms. The minimum absolute atomic E-state index is 0.0398. The average Bonchev–Trinajstić information content (AvgIpc) is 2.64. The van der Waals surface area contributed by atoms with Gasteiger partial charge in [0, 0.05) is 19.2 Å². The first kappa shape index (κ1) is 18.6. The summed E-state index contributed by atoms with van der Waals surface area (Å²) in [5.41, 5.74) is 0.167. The second-order valence-electron chi connectivity index (χ2n) is 6.00. The van der Waals surface area contributed by atoms with Gasteiger partial charge in [-0.2, -0.15) is 0 Å². The van der Waals surface area contributed by atoms with Crippen molar-refractivity contribution in [1.29, 1.82) is 0 Å². The van der Waals surface area contributed by atoms with E-state index >= 15 is 0 Å². The summed E-state index contributed by atoms with van der Waals surface area (Å²) in [4.78, 5) is 39.9. The number of nitro groups is 1. The zero-order valence-corrected chi connectivity index (χ0v) is 14.1. The van der Waals surface area contributed by atoms with Crippen LogP contribution in [-0.4, -0.2) is 47.9 Å². The lowest BCUT2D eigenvalue weighted by Gasteiger charge is -2.30. The van der Waals surface area contributed by atoms with Crippen molar-refractivity contribution in [2.75, 3.05) is 13.7 Å². The number of hydrogen-bond donors (Lipinski definition) is 0. The van der Waals surface area contributed by atoms with Crippen molar-refractivity contribution in [2.45, 2.75) is 38.1 Å². The highest BCUT2D eigenvalue weighted by atomic mass is 16.6. The number of carbonyl (C=O) groups is 2. The van der Waals surface area contributed by atoms with Crippen molar-refractivity contribution in [3.63, 3.8) is 0 Å². The van der Waals surface area contributed by atoms with Crippen LogP contribution in [0.3, 0.4) is 0 Å². The van der Waals surface area contributed by atoms with Gasteiger partial charge in [0.05, 0.1) is 16.7 Å². The summed E-state index contributed by atoms with van der Waals surface area (Å²) >= 11 is 0. The fourth-order valence-corrected chi connectivity index (χ4v) is 2.88. The molecule has 1 aliphatic carbocycles. The molecule has 0 bridgehead atoms. The smallest absolute Gasteiger partial charge is 0.279 e. The first-order chi connectivity index (χ1) is 12.0. The molecule has 8 nitrogen and oxygen atoms in total. The summed E-state index contributed by atoms with van der Waals surface area (Å²) in [6.45, 7) is -0.170. The van der Waals surface area contributed by atoms with E-state index in [9.17, 15) is 19.7 Å². The van der Waals surface area contributed by atoms with Crippen LogP contribution in [0.4, 0.5) is 5.69 Å². The van der Waals surface area contributed by atoms with Crippen LogP contribution in [0, 0.1) is 10.1 Å². The molecule has 0 N–H and O–H groups in total. The molecule has 1 saturated carbocycles. The molecule has 1 fully saturated rings. The predicted octanol–water partition coefficient (Wildman–Crippen LogP) is 2.55. The van der Waals surface area contributed by atoms with E-state index in [0.717, 1.165) is 25.7 Å². The van der Waals surface area contributed by atoms with Crippen molar-refractivity contribution < 1.29 is 19.3 Å². The van der Waals surface area contributed by atoms with E-state index in [2.05, 4.69) is 5.16 Å². The lowest BCUT2D eigenvalue weighted by molar-refractivity contribution is -0.385. The van der Waals surface area contributed by atoms with Gasteiger partial charge in [0.1, 0.15) is 0 Å². The van der Waals surface area contributed by atoms with Gasteiger partial charge in [-0.3, -0.25) is 19.7 Å². The first-order valence-electron chi connectivity index (χ1n) is 8.17. The quantitative estimate of drug-likeness (QED) is 0.326. The molecule has 1 aliphatic rings. The van der Waals surface area contributed by atoms with Crippen LogP contribution < -0.4 is 0 Å². The van der Waals surface area contributed by atoms with Crippen molar-refractivity contribution >= 4 is 24.1 Å². The normalized spacial score (nSPS) is 15.1. The largest absolute Gasteiger partial charge is 0.386 e. The zero-order valence-electron chi connectivity index (χ0n) is 14.1. The highest BCUT2D eigenvalue weighted by Crippen LogP contribution is 2.21. The molecule has 0 spiro atoms. The molecule has 1 aromatic carbocycles. The van der Waals surface area contributed by atoms with E-state index in [-0.39, 0.29) is 29.8 Å². The molecular formula is C17H21N3O5. The van der Waals surface area contributed by atoms with Crippen LogP contribution in [0.1, 0.15) is 48.0 Å². The topological polar surface area (TPSA) is 102 Å². The molecule has 0 unspecified atom stereocenters. The molecular weight excluding hydrogens is 326 g/mol. The van der Waals surface area contributed by atoms with Crippen LogP contribution in [-0.2, 0) is 9.63 Å². The lowest BCUT2D eigenvalue weighted by atomic mass is 9.94. The van der Waals surface area contributed by atoms with Gasteiger partial charge in [-0.15, -0.1) is 0 Å². The van der Waals surface area contributed by atoms with Gasteiger partial charge in [0.2, 0.25) is 0 Å². The van der Waals surface area contributed by atoms with Gasteiger partial charge in [-0.05, 0) is 30.5 Å². The predicted molar refractivity (Wildman–Crippen MR) is 91.7 cm³/mol. The van der Waals surface area contributed by atoms with Crippen molar-refractivity contribution in [2.24, 2.45) is 5.16 Å². The molecule has 1 aromatic rings. The highest BCUT2D eigenvalue weighted by molar-refractivity contribution is 5.87. The minimum Gasteiger partial charge on any atom is -0.386 e. The molecule has 2 rings (SSSR count). The van der Waals surface area contributed by atoms with Gasteiger partial charge in [-0.25, -0.2) is 0 Å². The van der Waals surface area contributed by atoms with E-state index in [0.29, 0.717) is 11.8 Å². The highest BCUT2D eigenvalue weighted by Gasteiger charge is 2.22. The molecule has 0 heterocycles. The minimum atomic E-state index is -0.624. The fourth-order valence-electron chi connectivity index (χ4n) is 2.88. The van der Waals surface area contributed by atoms with Gasteiger partial charge in [-0.1, -0.05) is 24.4 Å². The molecule has 0 aliphatic heterocycles. The van der Waals surface area contributed by atoms with Gasteiger partial charge in [0.25, 0.3) is 11.6 Å². The van der Waals surface area contributed by atoms with E-state index in [4.69, 9.17) is 4.84 Å². The maximum absolute atomic E-state index is 12.1. The molecule has 0 atom stereocenters. The SMILES string of the molecule is CN(C(=O)CO/N=C/c1ccc([N+](=O)[O-])c(C=O)c1)C1CCCCC1. The zero-order chi connectivity index (χ0) is 18.2. The number of rotatable bonds is 7. The van der Waals surface area contributed by atoms with Crippen LogP contribution in [0.2, 0.25) is 0 Å². The Bertz CT molecular complexity index is 668. The number of nitro benzene ring substituents is 1. The molecule has 0 radical (unpaired) electrons. The monoisotopic (exact) mass is 347 g/mol. The number of benzene rings is 1. The van der Waals surface area contributed by atoms with Crippen LogP contribution in [0.5, 0.6) is 0 Å². The third-order valence-electron chi connectivity index (χ3n) is 4.36. The number of hydrogen-bond acceptors (Lipinski definition) is 6. The average molecular weight is 347 g/mol. The second-order valence-corrected chi connectivity index (χ2v) is 6.00. The van der Waals surface area contributed by atoms with Crippen molar-refractivity contribution in [3.8, 4) is 0 Å². The van der Waals surface area contributed by atoms with E-state index in [1.54, 1.807) is 11.9 Å². The van der Waals surface area contributed by atoms with Gasteiger partial charge in [0.15, 0.2) is 12.9 Å². The Kier molecular flexibility index (Phi) is 6.62. The summed E-state index contributed by atoms with van der Waals surface area (Å²) < 4.78 is 0. The second kappa shape index (κ2) is 8.91. The van der Waals surface area contributed by atoms with Crippen LogP contribution in [0.15, 0.2) is 23.4 Å². The standard InChI is InChI=1S/C17H21N3O5/c1-19(15-5-3-2-4-6-15)17(22)12-25-18-10-13-7-8-16(20(23)24)14(9-13)11-21/h7-11,15H,2-6,12H2,1H3/b18-10+. The van der Waals surface area contributed by atoms with Crippen molar-refractivity contribution in [3.05, 3.63) is 39.4 Å². The summed E-state index contributed by atoms with van der Waals surface area (Å²) in [6, 6.07) is 4.29. The summed E-state index contributed by atoms with van der Waals surface area (Å²) in [5, 5.41) is 14.5. The third kappa shape index (κ3) is 5.10. The Morgan fingerprint density at radius 2 is 2.12 bits per heavy atom. The third-order valence-corrected chi connectivity index (χ3v) is 4.36. The molecule has 25 heavy (non-hydrogen) atoms. The van der Waals surface area contributed by atoms with E-state index in [1.807, 2.05) is 0 Å². The molecule has 0 aromatic heterocycles. The Labute approximate surface area is 145 Å². The van der Waals surface area contributed by atoms with Gasteiger partial charge >= 0.3 is 0 Å². The Morgan fingerprint density at radius 1 is 1.40 bits per heavy atom. The van der Waals surface area contributed by atoms with Gasteiger partial charge < -0.3 is 9.74 Å². The number of oxime groups is 1. The Balaban J connectivity index is 1.87. The van der Waals surface area contributed by atoms with E-state index < -0.39 is 4.92 Å². The number of carbonyl (C=O) groups excluding carboxylic acids is 2. The molecule has 134 valence electrons. The summed E-state index contributed by atoms with van der Waals surface area (Å²) in [5.74, 6) is -0.138. The van der Waals surface area contributed by atoms with Crippen molar-refractivity contribution in [1.82, 2.24) is 4.90 Å². The van der Waals surface area contributed by atoms with Crippen LogP contribution in [0.25, 0.3) is 0 Å². The number of nitrogens with zero attached hydrogens (tertiary/aromatic N) is 3. The maximum Gasteiger partial charge on any atom is 0.279 e. The number of aldehydes is 1. The Hall–Kier alpha value is -2.77. The summed E-state index contributed by atoms with van der Waals surface area (Å²) in [6.07, 6.45) is 7.26. The molecule has 0 saturated heterocycles. The maximum atomic E-state index is 12.1. The lowest BCUT2D eigenvalue weighted by Crippen LogP contribution is -2.40. The summed E-state index contributed by atoms with van der Waals surface area (Å²) in [7, 11) is 1.78. The van der Waals surface area contributed by atoms with Crippen LogP contribution >= 0.6 is 0 Å². The first-order valence-corrected chi connectivity index (χ1v) is 8.17.